The molecular weight excluding hydrogens is 446 g/mol. The van der Waals surface area contributed by atoms with Gasteiger partial charge in [-0.15, -0.1) is 0 Å². The van der Waals surface area contributed by atoms with E-state index in [2.05, 4.69) is 10.6 Å². The number of benzene rings is 2. The van der Waals surface area contributed by atoms with Crippen molar-refractivity contribution in [1.82, 2.24) is 10.2 Å². The Labute approximate surface area is 208 Å². The molecule has 2 N–H and O–H groups in total. The molecule has 0 saturated heterocycles. The zero-order chi connectivity index (χ0) is 26.4. The minimum Gasteiger partial charge on any atom is -0.497 e. The molecular formula is C27H37N3O5. The van der Waals surface area contributed by atoms with Crippen molar-refractivity contribution in [2.75, 3.05) is 12.4 Å². The molecule has 0 fully saturated rings. The first-order chi connectivity index (χ1) is 16.2. The molecule has 0 radical (unpaired) electrons. The molecule has 8 heteroatoms. The van der Waals surface area contributed by atoms with Crippen LogP contribution in [0.4, 0.5) is 10.5 Å². The summed E-state index contributed by atoms with van der Waals surface area (Å²) in [6.07, 6.45) is -0.703. The molecule has 2 aromatic rings. The van der Waals surface area contributed by atoms with E-state index >= 15 is 0 Å². The number of anilines is 1. The van der Waals surface area contributed by atoms with Crippen LogP contribution in [-0.2, 0) is 14.3 Å². The first-order valence-electron chi connectivity index (χ1n) is 11.6. The second-order valence-electron chi connectivity index (χ2n) is 10.3. The van der Waals surface area contributed by atoms with Crippen molar-refractivity contribution in [1.29, 1.82) is 0 Å². The van der Waals surface area contributed by atoms with Crippen LogP contribution >= 0.6 is 0 Å². The molecule has 8 nitrogen and oxygen atoms in total. The summed E-state index contributed by atoms with van der Waals surface area (Å²) in [5.41, 5.74) is -0.246. The van der Waals surface area contributed by atoms with Gasteiger partial charge in [-0.25, -0.2) is 4.79 Å². The number of hydrogen-bond acceptors (Lipinski definition) is 5. The molecule has 0 saturated carbocycles. The van der Waals surface area contributed by atoms with Gasteiger partial charge in [0.1, 0.15) is 23.4 Å². The molecule has 0 aliphatic heterocycles. The van der Waals surface area contributed by atoms with Gasteiger partial charge in [0.2, 0.25) is 5.91 Å². The topological polar surface area (TPSA) is 97.0 Å². The van der Waals surface area contributed by atoms with Crippen LogP contribution in [0.5, 0.6) is 5.75 Å². The highest BCUT2D eigenvalue weighted by Crippen LogP contribution is 2.31. The molecule has 190 valence electrons. The third-order valence-corrected chi connectivity index (χ3v) is 5.04. The number of carbonyl (C=O) groups excluding carboxylic acids is 3. The Hall–Kier alpha value is -3.55. The molecule has 2 aromatic carbocycles. The summed E-state index contributed by atoms with van der Waals surface area (Å²) in [4.78, 5) is 41.2. The van der Waals surface area contributed by atoms with Gasteiger partial charge in [-0.3, -0.25) is 9.59 Å². The summed E-state index contributed by atoms with van der Waals surface area (Å²) in [6.45, 7) is 12.4. The fourth-order valence-corrected chi connectivity index (χ4v) is 3.54. The second kappa shape index (κ2) is 11.3. The molecule has 0 aliphatic carbocycles. The Morgan fingerprint density at radius 3 is 1.94 bits per heavy atom. The standard InChI is InChI=1S/C27H37N3O5/c1-18(28-25(33)35-27(5,6)7)24(32)30(26(2,3)4)22(19-12-10-9-11-13-19)23(31)29-20-14-16-21(34-8)17-15-20/h9-18,22H,1-8H3,(H,28,33)(H,29,31). The quantitative estimate of drug-likeness (QED) is 0.583. The number of amides is 3. The molecule has 2 atom stereocenters. The summed E-state index contributed by atoms with van der Waals surface area (Å²) in [7, 11) is 1.57. The number of nitrogens with zero attached hydrogens (tertiary/aromatic N) is 1. The van der Waals surface area contributed by atoms with Crippen LogP contribution in [-0.4, -0.2) is 47.1 Å². The van der Waals surface area contributed by atoms with Gasteiger partial charge in [-0.1, -0.05) is 30.3 Å². The highest BCUT2D eigenvalue weighted by atomic mass is 16.6. The van der Waals surface area contributed by atoms with Gasteiger partial charge in [0, 0.05) is 11.2 Å². The van der Waals surface area contributed by atoms with Gasteiger partial charge in [0.05, 0.1) is 7.11 Å². The van der Waals surface area contributed by atoms with Crippen LogP contribution in [0.15, 0.2) is 54.6 Å². The fraction of sp³-hybridized carbons (Fsp3) is 0.444. The molecule has 0 spiro atoms. The van der Waals surface area contributed by atoms with E-state index in [1.165, 1.54) is 4.90 Å². The van der Waals surface area contributed by atoms with Gasteiger partial charge in [0.25, 0.3) is 5.91 Å². The van der Waals surface area contributed by atoms with E-state index in [-0.39, 0.29) is 5.91 Å². The molecule has 2 rings (SSSR count). The van der Waals surface area contributed by atoms with E-state index in [0.29, 0.717) is 17.0 Å². The fourth-order valence-electron chi connectivity index (χ4n) is 3.54. The van der Waals surface area contributed by atoms with E-state index in [0.717, 1.165) is 0 Å². The Balaban J connectivity index is 2.41. The Morgan fingerprint density at radius 2 is 1.46 bits per heavy atom. The van der Waals surface area contributed by atoms with Crippen LogP contribution in [0.3, 0.4) is 0 Å². The van der Waals surface area contributed by atoms with Crippen molar-refractivity contribution < 1.29 is 23.9 Å². The number of carbonyl (C=O) groups is 3. The lowest BCUT2D eigenvalue weighted by Gasteiger charge is -2.42. The van der Waals surface area contributed by atoms with Crippen LogP contribution in [0.1, 0.15) is 60.1 Å². The maximum absolute atomic E-state index is 13.7. The predicted molar refractivity (Wildman–Crippen MR) is 136 cm³/mol. The number of nitrogens with one attached hydrogen (secondary N) is 2. The van der Waals surface area contributed by atoms with Crippen molar-refractivity contribution in [3.63, 3.8) is 0 Å². The number of alkyl carbamates (subject to hydrolysis) is 1. The van der Waals surface area contributed by atoms with E-state index < -0.39 is 35.2 Å². The van der Waals surface area contributed by atoms with Gasteiger partial charge in [0.15, 0.2) is 0 Å². The van der Waals surface area contributed by atoms with E-state index in [1.807, 2.05) is 39.0 Å². The van der Waals surface area contributed by atoms with Crippen molar-refractivity contribution in [2.45, 2.75) is 71.7 Å². The molecule has 0 aliphatic rings. The second-order valence-corrected chi connectivity index (χ2v) is 10.3. The van der Waals surface area contributed by atoms with Crippen LogP contribution in [0.2, 0.25) is 0 Å². The summed E-state index contributed by atoms with van der Waals surface area (Å²) in [6, 6.07) is 14.2. The molecule has 3 amide bonds. The molecule has 0 heterocycles. The highest BCUT2D eigenvalue weighted by molar-refractivity contribution is 5.99. The average molecular weight is 484 g/mol. The van der Waals surface area contributed by atoms with Gasteiger partial charge < -0.3 is 25.0 Å². The number of ether oxygens (including phenoxy) is 2. The van der Waals surface area contributed by atoms with Gasteiger partial charge >= 0.3 is 6.09 Å². The highest BCUT2D eigenvalue weighted by Gasteiger charge is 2.40. The smallest absolute Gasteiger partial charge is 0.408 e. The van der Waals surface area contributed by atoms with E-state index in [4.69, 9.17) is 9.47 Å². The first kappa shape index (κ1) is 27.7. The average Bonchev–Trinajstić information content (AvgIpc) is 2.75. The van der Waals surface area contributed by atoms with E-state index in [1.54, 1.807) is 71.2 Å². The third-order valence-electron chi connectivity index (χ3n) is 5.04. The van der Waals surface area contributed by atoms with Crippen LogP contribution in [0, 0.1) is 0 Å². The van der Waals surface area contributed by atoms with Crippen molar-refractivity contribution in [3.05, 3.63) is 60.2 Å². The summed E-state index contributed by atoms with van der Waals surface area (Å²) in [5, 5.41) is 5.51. The number of hydrogen-bond donors (Lipinski definition) is 2. The first-order valence-corrected chi connectivity index (χ1v) is 11.6. The van der Waals surface area contributed by atoms with Crippen LogP contribution in [0.25, 0.3) is 0 Å². The number of methoxy groups -OCH3 is 1. The van der Waals surface area contributed by atoms with Crippen LogP contribution < -0.4 is 15.4 Å². The lowest BCUT2D eigenvalue weighted by Crippen LogP contribution is -2.57. The zero-order valence-electron chi connectivity index (χ0n) is 21.8. The maximum atomic E-state index is 13.7. The minimum atomic E-state index is -0.950. The van der Waals surface area contributed by atoms with Crippen molar-refractivity contribution in [3.8, 4) is 5.75 Å². The Kier molecular flexibility index (Phi) is 8.90. The Bertz CT molecular complexity index is 1010. The normalized spacial score (nSPS) is 13.3. The molecule has 0 aromatic heterocycles. The summed E-state index contributed by atoms with van der Waals surface area (Å²) in [5.74, 6) is -0.132. The maximum Gasteiger partial charge on any atom is 0.408 e. The largest absolute Gasteiger partial charge is 0.497 e. The minimum absolute atomic E-state index is 0.380. The third kappa shape index (κ3) is 8.02. The number of rotatable bonds is 7. The lowest BCUT2D eigenvalue weighted by molar-refractivity contribution is -0.146. The lowest BCUT2D eigenvalue weighted by atomic mass is 9.95. The summed E-state index contributed by atoms with van der Waals surface area (Å²) >= 11 is 0. The molecule has 0 bridgehead atoms. The molecule has 35 heavy (non-hydrogen) atoms. The van der Waals surface area contributed by atoms with Gasteiger partial charge in [-0.05, 0) is 78.3 Å². The summed E-state index contributed by atoms with van der Waals surface area (Å²) < 4.78 is 10.5. The monoisotopic (exact) mass is 483 g/mol. The molecule has 2 unspecified atom stereocenters. The SMILES string of the molecule is COc1ccc(NC(=O)C(c2ccccc2)N(C(=O)C(C)NC(=O)OC(C)(C)C)C(C)(C)C)cc1. The predicted octanol–water partition coefficient (Wildman–Crippen LogP) is 4.92. The Morgan fingerprint density at radius 1 is 0.886 bits per heavy atom. The van der Waals surface area contributed by atoms with Crippen molar-refractivity contribution >= 4 is 23.6 Å². The van der Waals surface area contributed by atoms with Gasteiger partial charge in [-0.2, -0.15) is 0 Å². The van der Waals surface area contributed by atoms with Crippen molar-refractivity contribution in [2.24, 2.45) is 0 Å². The zero-order valence-corrected chi connectivity index (χ0v) is 21.8. The van der Waals surface area contributed by atoms with E-state index in [9.17, 15) is 14.4 Å².